The van der Waals surface area contributed by atoms with E-state index in [1.807, 2.05) is 11.4 Å². The molecule has 0 aliphatic rings. The smallest absolute Gasteiger partial charge is 0.221 e. The van der Waals surface area contributed by atoms with Gasteiger partial charge in [0.15, 0.2) is 0 Å². The summed E-state index contributed by atoms with van der Waals surface area (Å²) in [4.78, 5) is 12.0. The van der Waals surface area contributed by atoms with E-state index in [1.165, 1.54) is 30.4 Å². The fraction of sp³-hybridized carbons (Fsp3) is 0.154. The van der Waals surface area contributed by atoms with E-state index in [9.17, 15) is 9.18 Å². The topological polar surface area (TPSA) is 41.1 Å². The summed E-state index contributed by atoms with van der Waals surface area (Å²) < 4.78 is 13.0. The third-order valence-corrected chi connectivity index (χ3v) is 3.64. The number of anilines is 2. The number of carbonyl (C=O) groups is 1. The Labute approximate surface area is 119 Å². The van der Waals surface area contributed by atoms with Crippen molar-refractivity contribution in [3.05, 3.63) is 45.4 Å². The van der Waals surface area contributed by atoms with Gasteiger partial charge in [-0.2, -0.15) is 0 Å². The molecule has 0 bridgehead atoms. The van der Waals surface area contributed by atoms with Crippen LogP contribution >= 0.6 is 22.9 Å². The second-order valence-corrected chi connectivity index (χ2v) is 5.33. The molecule has 1 amide bonds. The van der Waals surface area contributed by atoms with Crippen molar-refractivity contribution in [1.82, 2.24) is 0 Å². The Balaban J connectivity index is 2.04. The van der Waals surface area contributed by atoms with Gasteiger partial charge in [0.05, 0.1) is 17.3 Å². The fourth-order valence-electron chi connectivity index (χ4n) is 1.57. The van der Waals surface area contributed by atoms with Gasteiger partial charge in [0, 0.05) is 17.5 Å². The maximum absolute atomic E-state index is 13.0. The van der Waals surface area contributed by atoms with E-state index in [1.54, 1.807) is 6.07 Å². The molecule has 0 spiro atoms. The number of amides is 1. The summed E-state index contributed by atoms with van der Waals surface area (Å²) in [5.41, 5.74) is 1.52. The first-order chi connectivity index (χ1) is 9.06. The molecule has 0 saturated carbocycles. The molecule has 19 heavy (non-hydrogen) atoms. The average molecular weight is 299 g/mol. The van der Waals surface area contributed by atoms with Crippen molar-refractivity contribution in [3.8, 4) is 0 Å². The van der Waals surface area contributed by atoms with Gasteiger partial charge in [-0.15, -0.1) is 11.3 Å². The van der Waals surface area contributed by atoms with E-state index in [0.29, 0.717) is 6.54 Å². The summed E-state index contributed by atoms with van der Waals surface area (Å²) in [6.07, 6.45) is 0. The normalized spacial score (nSPS) is 10.3. The number of hydrogen-bond acceptors (Lipinski definition) is 3. The van der Waals surface area contributed by atoms with Gasteiger partial charge in [-0.25, -0.2) is 4.39 Å². The van der Waals surface area contributed by atoms with Crippen molar-refractivity contribution >= 4 is 40.2 Å². The molecule has 3 nitrogen and oxygen atoms in total. The Morgan fingerprint density at radius 1 is 1.42 bits per heavy atom. The largest absolute Gasteiger partial charge is 0.380 e. The van der Waals surface area contributed by atoms with Crippen LogP contribution in [0.25, 0.3) is 0 Å². The van der Waals surface area contributed by atoms with E-state index in [-0.39, 0.29) is 10.9 Å². The zero-order valence-corrected chi connectivity index (χ0v) is 11.7. The molecule has 0 aliphatic carbocycles. The quantitative estimate of drug-likeness (QED) is 0.892. The van der Waals surface area contributed by atoms with Crippen LogP contribution < -0.4 is 10.6 Å². The molecule has 0 radical (unpaired) electrons. The van der Waals surface area contributed by atoms with E-state index >= 15 is 0 Å². The van der Waals surface area contributed by atoms with Crippen LogP contribution in [0.4, 0.5) is 15.8 Å². The van der Waals surface area contributed by atoms with Gasteiger partial charge in [0.2, 0.25) is 5.91 Å². The van der Waals surface area contributed by atoms with Gasteiger partial charge in [-0.3, -0.25) is 4.79 Å². The number of nitrogens with one attached hydrogen (secondary N) is 2. The van der Waals surface area contributed by atoms with Crippen LogP contribution in [0.5, 0.6) is 0 Å². The Morgan fingerprint density at radius 2 is 2.21 bits per heavy atom. The molecule has 6 heteroatoms. The third kappa shape index (κ3) is 3.68. The van der Waals surface area contributed by atoms with Crippen molar-refractivity contribution in [2.24, 2.45) is 0 Å². The highest BCUT2D eigenvalue weighted by Gasteiger charge is 2.06. The molecule has 2 rings (SSSR count). The Morgan fingerprint density at radius 3 is 2.89 bits per heavy atom. The summed E-state index contributed by atoms with van der Waals surface area (Å²) in [5.74, 6) is -0.549. The lowest BCUT2D eigenvalue weighted by Gasteiger charge is -2.08. The lowest BCUT2D eigenvalue weighted by Crippen LogP contribution is -2.08. The average Bonchev–Trinajstić information content (AvgIpc) is 2.77. The van der Waals surface area contributed by atoms with Gasteiger partial charge in [-0.1, -0.05) is 11.6 Å². The second-order valence-electron chi connectivity index (χ2n) is 3.92. The molecule has 1 heterocycles. The second kappa shape index (κ2) is 6.04. The molecule has 0 fully saturated rings. The molecule has 2 aromatic rings. The summed E-state index contributed by atoms with van der Waals surface area (Å²) in [6, 6.07) is 6.31. The number of hydrogen-bond donors (Lipinski definition) is 2. The minimum Gasteiger partial charge on any atom is -0.380 e. The Bertz CT molecular complexity index is 600. The highest BCUT2D eigenvalue weighted by atomic mass is 35.5. The standard InChI is InChI=1S/C13H12ClFN2OS/c1-8(18)17-12-4-5-19-13(12)7-16-9-2-3-11(15)10(14)6-9/h2-6,16H,7H2,1H3,(H,17,18). The zero-order valence-electron chi connectivity index (χ0n) is 10.2. The molecule has 0 saturated heterocycles. The monoisotopic (exact) mass is 298 g/mol. The predicted octanol–water partition coefficient (Wildman–Crippen LogP) is 4.11. The van der Waals surface area contributed by atoms with Gasteiger partial charge in [0.1, 0.15) is 5.82 Å². The van der Waals surface area contributed by atoms with Crippen LogP contribution in [-0.2, 0) is 11.3 Å². The Kier molecular flexibility index (Phi) is 4.39. The van der Waals surface area contributed by atoms with Crippen LogP contribution in [-0.4, -0.2) is 5.91 Å². The minimum atomic E-state index is -0.442. The molecular weight excluding hydrogens is 287 g/mol. The van der Waals surface area contributed by atoms with Gasteiger partial charge >= 0.3 is 0 Å². The summed E-state index contributed by atoms with van der Waals surface area (Å²) >= 11 is 7.24. The maximum Gasteiger partial charge on any atom is 0.221 e. The molecule has 0 atom stereocenters. The van der Waals surface area contributed by atoms with E-state index in [0.717, 1.165) is 16.3 Å². The van der Waals surface area contributed by atoms with Crippen molar-refractivity contribution in [2.75, 3.05) is 10.6 Å². The maximum atomic E-state index is 13.0. The molecule has 0 unspecified atom stereocenters. The lowest BCUT2D eigenvalue weighted by atomic mass is 10.3. The number of carbonyl (C=O) groups excluding carboxylic acids is 1. The van der Waals surface area contributed by atoms with E-state index < -0.39 is 5.82 Å². The first kappa shape index (κ1) is 13.8. The van der Waals surface area contributed by atoms with Gasteiger partial charge < -0.3 is 10.6 Å². The highest BCUT2D eigenvalue weighted by molar-refractivity contribution is 7.10. The first-order valence-corrected chi connectivity index (χ1v) is 6.85. The molecule has 2 N–H and O–H groups in total. The van der Waals surface area contributed by atoms with Crippen LogP contribution in [0.15, 0.2) is 29.6 Å². The van der Waals surface area contributed by atoms with Crippen molar-refractivity contribution in [2.45, 2.75) is 13.5 Å². The Hall–Kier alpha value is -1.59. The zero-order chi connectivity index (χ0) is 13.8. The van der Waals surface area contributed by atoms with E-state index in [4.69, 9.17) is 11.6 Å². The number of halogens is 2. The van der Waals surface area contributed by atoms with Gasteiger partial charge in [0.25, 0.3) is 0 Å². The summed E-state index contributed by atoms with van der Waals surface area (Å²) in [6.45, 7) is 2.00. The highest BCUT2D eigenvalue weighted by Crippen LogP contribution is 2.25. The molecule has 1 aromatic heterocycles. The first-order valence-electron chi connectivity index (χ1n) is 5.59. The number of rotatable bonds is 4. The number of benzene rings is 1. The third-order valence-electron chi connectivity index (χ3n) is 2.43. The lowest BCUT2D eigenvalue weighted by molar-refractivity contribution is -0.114. The van der Waals surface area contributed by atoms with Crippen molar-refractivity contribution < 1.29 is 9.18 Å². The van der Waals surface area contributed by atoms with Crippen LogP contribution in [0.2, 0.25) is 5.02 Å². The van der Waals surface area contributed by atoms with Crippen LogP contribution in [0.3, 0.4) is 0 Å². The minimum absolute atomic E-state index is 0.0817. The van der Waals surface area contributed by atoms with Crippen molar-refractivity contribution in [3.63, 3.8) is 0 Å². The van der Waals surface area contributed by atoms with Crippen LogP contribution in [0, 0.1) is 5.82 Å². The molecule has 100 valence electrons. The SMILES string of the molecule is CC(=O)Nc1ccsc1CNc1ccc(F)c(Cl)c1. The molecule has 1 aromatic carbocycles. The van der Waals surface area contributed by atoms with Crippen LogP contribution in [0.1, 0.15) is 11.8 Å². The fourth-order valence-corrected chi connectivity index (χ4v) is 2.52. The molecular formula is C13H12ClFN2OS. The van der Waals surface area contributed by atoms with Crippen molar-refractivity contribution in [1.29, 1.82) is 0 Å². The van der Waals surface area contributed by atoms with E-state index in [2.05, 4.69) is 10.6 Å². The number of thiophene rings is 1. The predicted molar refractivity (Wildman–Crippen MR) is 77.4 cm³/mol. The van der Waals surface area contributed by atoms with Gasteiger partial charge in [-0.05, 0) is 29.6 Å². The summed E-state index contributed by atoms with van der Waals surface area (Å²) in [7, 11) is 0. The molecule has 0 aliphatic heterocycles. The summed E-state index contributed by atoms with van der Waals surface area (Å²) in [5, 5.41) is 7.88.